The molecule has 2 N–H and O–H groups in total. The van der Waals surface area contributed by atoms with E-state index < -0.39 is 11.7 Å². The Bertz CT molecular complexity index is 892. The average molecular weight is 577 g/mol. The van der Waals surface area contributed by atoms with Gasteiger partial charge < -0.3 is 20.3 Å². The van der Waals surface area contributed by atoms with Crippen LogP contribution >= 0.6 is 24.0 Å². The predicted molar refractivity (Wildman–Crippen MR) is 135 cm³/mol. The van der Waals surface area contributed by atoms with E-state index in [1.165, 1.54) is 12.1 Å². The second kappa shape index (κ2) is 13.0. The molecule has 1 aromatic heterocycles. The number of nitrogens with zero attached hydrogens (tertiary/aromatic N) is 3. The van der Waals surface area contributed by atoms with E-state index in [2.05, 4.69) is 32.4 Å². The summed E-state index contributed by atoms with van der Waals surface area (Å²) in [4.78, 5) is 11.3. The normalized spacial score (nSPS) is 16.8. The number of halogens is 4. The number of ether oxygens (including phenoxy) is 1. The molecule has 6 nitrogen and oxygen atoms in total. The summed E-state index contributed by atoms with van der Waals surface area (Å²) in [5.41, 5.74) is 1.25. The van der Waals surface area contributed by atoms with Gasteiger partial charge >= 0.3 is 6.18 Å². The summed E-state index contributed by atoms with van der Waals surface area (Å²) in [7, 11) is 0. The Hall–Kier alpha value is -2.08. The molecule has 2 heterocycles. The molecule has 1 saturated heterocycles. The molecule has 3 rings (SSSR count). The SMILES string of the molecule is CCNC(=NCc1ccnc(N2CCOC(C)C2)c1)NCCc1ccc(C(F)(F)F)cc1.I. The second-order valence-corrected chi connectivity index (χ2v) is 7.72. The first-order valence-corrected chi connectivity index (χ1v) is 10.8. The van der Waals surface area contributed by atoms with Gasteiger partial charge in [-0.05, 0) is 55.7 Å². The number of hydrogen-bond acceptors (Lipinski definition) is 4. The number of aromatic nitrogens is 1. The van der Waals surface area contributed by atoms with Crippen molar-refractivity contribution in [2.24, 2.45) is 4.99 Å². The second-order valence-electron chi connectivity index (χ2n) is 7.72. The van der Waals surface area contributed by atoms with E-state index in [0.717, 1.165) is 42.2 Å². The quantitative estimate of drug-likeness (QED) is 0.293. The van der Waals surface area contributed by atoms with Gasteiger partial charge in [0.25, 0.3) is 0 Å². The van der Waals surface area contributed by atoms with Gasteiger partial charge in [-0.2, -0.15) is 13.2 Å². The zero-order valence-electron chi connectivity index (χ0n) is 18.9. The molecule has 2 aromatic rings. The lowest BCUT2D eigenvalue weighted by atomic mass is 10.1. The molecule has 1 aromatic carbocycles. The minimum atomic E-state index is -4.31. The van der Waals surface area contributed by atoms with Crippen molar-refractivity contribution < 1.29 is 17.9 Å². The van der Waals surface area contributed by atoms with E-state index in [1.54, 1.807) is 6.20 Å². The Morgan fingerprint density at radius 2 is 1.94 bits per heavy atom. The zero-order valence-corrected chi connectivity index (χ0v) is 21.2. The van der Waals surface area contributed by atoms with E-state index in [0.29, 0.717) is 38.6 Å². The molecular formula is C23H31F3IN5O. The fourth-order valence-electron chi connectivity index (χ4n) is 3.46. The van der Waals surface area contributed by atoms with E-state index >= 15 is 0 Å². The number of anilines is 1. The molecule has 0 aliphatic carbocycles. The van der Waals surface area contributed by atoms with Gasteiger partial charge in [0.05, 0.1) is 24.8 Å². The highest BCUT2D eigenvalue weighted by molar-refractivity contribution is 14.0. The summed E-state index contributed by atoms with van der Waals surface area (Å²) < 4.78 is 43.7. The number of hydrogen-bond donors (Lipinski definition) is 2. The Kier molecular flexibility index (Phi) is 10.7. The lowest BCUT2D eigenvalue weighted by Crippen LogP contribution is -2.41. The minimum absolute atomic E-state index is 0. The third kappa shape index (κ3) is 8.65. The van der Waals surface area contributed by atoms with Gasteiger partial charge in [-0.25, -0.2) is 9.98 Å². The predicted octanol–water partition coefficient (Wildman–Crippen LogP) is 4.24. The molecule has 33 heavy (non-hydrogen) atoms. The molecule has 1 atom stereocenters. The molecule has 0 radical (unpaired) electrons. The topological polar surface area (TPSA) is 61.8 Å². The first kappa shape index (κ1) is 27.2. The molecule has 0 spiro atoms. The van der Waals surface area contributed by atoms with Gasteiger partial charge in [0.1, 0.15) is 5.82 Å². The number of benzene rings is 1. The van der Waals surface area contributed by atoms with E-state index in [1.807, 2.05) is 19.1 Å². The minimum Gasteiger partial charge on any atom is -0.375 e. The fraction of sp³-hybridized carbons (Fsp3) is 0.478. The summed E-state index contributed by atoms with van der Waals surface area (Å²) in [6.45, 7) is 8.12. The third-order valence-corrected chi connectivity index (χ3v) is 5.13. The van der Waals surface area contributed by atoms with Gasteiger partial charge in [0, 0.05) is 32.4 Å². The lowest BCUT2D eigenvalue weighted by Gasteiger charge is -2.32. The molecule has 0 saturated carbocycles. The van der Waals surface area contributed by atoms with Crippen LogP contribution in [-0.4, -0.2) is 49.8 Å². The number of nitrogens with one attached hydrogen (secondary N) is 2. The van der Waals surface area contributed by atoms with Crippen molar-refractivity contribution in [3.8, 4) is 0 Å². The standard InChI is InChI=1S/C23H30F3N5O.HI/c1-3-27-22(29-11-8-18-4-6-20(7-5-18)23(24,25)26)30-15-19-9-10-28-21(14-19)31-12-13-32-17(2)16-31;/h4-7,9-10,14,17H,3,8,11-13,15-16H2,1-2H3,(H2,27,29,30);1H. The molecule has 1 aliphatic rings. The Morgan fingerprint density at radius 1 is 1.18 bits per heavy atom. The molecule has 1 fully saturated rings. The Labute approximate surface area is 210 Å². The van der Waals surface area contributed by atoms with E-state index in [-0.39, 0.29) is 30.1 Å². The van der Waals surface area contributed by atoms with Crippen LogP contribution in [-0.2, 0) is 23.9 Å². The highest BCUT2D eigenvalue weighted by atomic mass is 127. The number of alkyl halides is 3. The van der Waals surface area contributed by atoms with Crippen LogP contribution in [0.2, 0.25) is 0 Å². The van der Waals surface area contributed by atoms with Crippen LogP contribution in [0.4, 0.5) is 19.0 Å². The maximum atomic E-state index is 12.7. The van der Waals surface area contributed by atoms with Crippen molar-refractivity contribution >= 4 is 35.8 Å². The van der Waals surface area contributed by atoms with Crippen molar-refractivity contribution in [3.63, 3.8) is 0 Å². The Balaban J connectivity index is 0.00000385. The summed E-state index contributed by atoms with van der Waals surface area (Å²) in [6.07, 6.45) is -1.74. The molecule has 182 valence electrons. The highest BCUT2D eigenvalue weighted by Crippen LogP contribution is 2.29. The molecule has 0 amide bonds. The third-order valence-electron chi connectivity index (χ3n) is 5.13. The van der Waals surface area contributed by atoms with Crippen molar-refractivity contribution in [2.75, 3.05) is 37.7 Å². The molecule has 1 aliphatic heterocycles. The lowest BCUT2D eigenvalue weighted by molar-refractivity contribution is -0.137. The summed E-state index contributed by atoms with van der Waals surface area (Å²) >= 11 is 0. The van der Waals surface area contributed by atoms with Crippen LogP contribution in [0.5, 0.6) is 0 Å². The maximum Gasteiger partial charge on any atom is 0.416 e. The van der Waals surface area contributed by atoms with Crippen molar-refractivity contribution in [1.82, 2.24) is 15.6 Å². The maximum absolute atomic E-state index is 12.7. The van der Waals surface area contributed by atoms with Gasteiger partial charge in [0.2, 0.25) is 0 Å². The molecule has 1 unspecified atom stereocenters. The number of pyridine rings is 1. The van der Waals surface area contributed by atoms with E-state index in [4.69, 9.17) is 4.74 Å². The average Bonchev–Trinajstić information content (AvgIpc) is 2.77. The molecular weight excluding hydrogens is 546 g/mol. The van der Waals surface area contributed by atoms with Gasteiger partial charge in [-0.1, -0.05) is 12.1 Å². The number of guanidine groups is 1. The number of aliphatic imine (C=N–C) groups is 1. The van der Waals surface area contributed by atoms with Crippen LogP contribution in [0, 0.1) is 0 Å². The smallest absolute Gasteiger partial charge is 0.375 e. The largest absolute Gasteiger partial charge is 0.416 e. The van der Waals surface area contributed by atoms with Gasteiger partial charge in [-0.15, -0.1) is 24.0 Å². The van der Waals surface area contributed by atoms with E-state index in [9.17, 15) is 13.2 Å². The van der Waals surface area contributed by atoms with Crippen molar-refractivity contribution in [1.29, 1.82) is 0 Å². The van der Waals surface area contributed by atoms with Crippen molar-refractivity contribution in [3.05, 3.63) is 59.3 Å². The number of rotatable bonds is 7. The van der Waals surface area contributed by atoms with Crippen LogP contribution < -0.4 is 15.5 Å². The monoisotopic (exact) mass is 577 g/mol. The highest BCUT2D eigenvalue weighted by Gasteiger charge is 2.29. The summed E-state index contributed by atoms with van der Waals surface area (Å²) in [5, 5.41) is 6.44. The van der Waals surface area contributed by atoms with Crippen molar-refractivity contribution in [2.45, 2.75) is 39.1 Å². The van der Waals surface area contributed by atoms with Crippen LogP contribution in [0.25, 0.3) is 0 Å². The molecule has 10 heteroatoms. The van der Waals surface area contributed by atoms with Crippen LogP contribution in [0.3, 0.4) is 0 Å². The van der Waals surface area contributed by atoms with Gasteiger partial charge in [0.15, 0.2) is 5.96 Å². The first-order chi connectivity index (χ1) is 15.3. The summed E-state index contributed by atoms with van der Waals surface area (Å²) in [5.74, 6) is 1.59. The number of morpholine rings is 1. The van der Waals surface area contributed by atoms with Crippen LogP contribution in [0.1, 0.15) is 30.5 Å². The van der Waals surface area contributed by atoms with Crippen LogP contribution in [0.15, 0.2) is 47.6 Å². The zero-order chi connectivity index (χ0) is 23.0. The fourth-order valence-corrected chi connectivity index (χ4v) is 3.46. The Morgan fingerprint density at radius 3 is 2.61 bits per heavy atom. The first-order valence-electron chi connectivity index (χ1n) is 10.8. The summed E-state index contributed by atoms with van der Waals surface area (Å²) in [6, 6.07) is 9.25. The molecule has 0 bridgehead atoms. The van der Waals surface area contributed by atoms with Gasteiger partial charge in [-0.3, -0.25) is 0 Å².